The number of aliphatic hydroxyl groups excluding tert-OH is 2. The number of aromatic hydroxyl groups is 1. The zero-order valence-electron chi connectivity index (χ0n) is 9.63. The Morgan fingerprint density at radius 2 is 2.06 bits per heavy atom. The average Bonchev–Trinajstić information content (AvgIpc) is 2.27. The number of nitrogens with two attached hydrogens (primary N) is 1. The maximum Gasteiger partial charge on any atom is 0.163 e. The van der Waals surface area contributed by atoms with Crippen LogP contribution in [0.25, 0.3) is 0 Å². The lowest BCUT2D eigenvalue weighted by Gasteiger charge is -2.18. The van der Waals surface area contributed by atoms with Crippen LogP contribution in [0.1, 0.15) is 35.4 Å². The second kappa shape index (κ2) is 5.77. The Balaban J connectivity index is 2.93. The van der Waals surface area contributed by atoms with Crippen LogP contribution in [-0.4, -0.2) is 33.8 Å². The van der Waals surface area contributed by atoms with Crippen LogP contribution in [0, 0.1) is 0 Å². The molecular weight excluding hydrogens is 222 g/mol. The van der Waals surface area contributed by atoms with Gasteiger partial charge < -0.3 is 21.1 Å². The first-order valence-corrected chi connectivity index (χ1v) is 5.37. The summed E-state index contributed by atoms with van der Waals surface area (Å²) in [6, 6.07) is 4.20. The number of benzene rings is 1. The monoisotopic (exact) mass is 239 g/mol. The molecule has 1 aromatic rings. The number of ketones is 1. The van der Waals surface area contributed by atoms with Gasteiger partial charge in [-0.1, -0.05) is 6.07 Å². The van der Waals surface area contributed by atoms with E-state index in [1.54, 1.807) is 0 Å². The van der Waals surface area contributed by atoms with Gasteiger partial charge in [-0.25, -0.2) is 0 Å². The second-order valence-electron chi connectivity index (χ2n) is 3.92. The van der Waals surface area contributed by atoms with Crippen molar-refractivity contribution >= 4 is 5.78 Å². The van der Waals surface area contributed by atoms with Crippen LogP contribution in [0.4, 0.5) is 0 Å². The van der Waals surface area contributed by atoms with Gasteiger partial charge in [0.05, 0.1) is 11.7 Å². The SMILES string of the molecule is CC(=O)c1ccc(C(O)C(O)CCN)cc1O. The molecule has 94 valence electrons. The van der Waals surface area contributed by atoms with Crippen LogP contribution in [0.3, 0.4) is 0 Å². The molecule has 0 aromatic heterocycles. The Bertz CT molecular complexity index is 405. The zero-order chi connectivity index (χ0) is 13.0. The molecule has 1 rings (SSSR count). The topological polar surface area (TPSA) is 104 Å². The molecule has 2 unspecified atom stereocenters. The van der Waals surface area contributed by atoms with E-state index in [0.29, 0.717) is 5.56 Å². The van der Waals surface area contributed by atoms with Gasteiger partial charge in [-0.2, -0.15) is 0 Å². The van der Waals surface area contributed by atoms with Gasteiger partial charge in [-0.3, -0.25) is 4.79 Å². The summed E-state index contributed by atoms with van der Waals surface area (Å²) < 4.78 is 0. The molecule has 0 spiro atoms. The average molecular weight is 239 g/mol. The van der Waals surface area contributed by atoms with Gasteiger partial charge in [0.25, 0.3) is 0 Å². The lowest BCUT2D eigenvalue weighted by atomic mass is 9.99. The summed E-state index contributed by atoms with van der Waals surface area (Å²) in [4.78, 5) is 11.1. The number of carbonyl (C=O) groups excluding carboxylic acids is 1. The van der Waals surface area contributed by atoms with Gasteiger partial charge in [-0.15, -0.1) is 0 Å². The Morgan fingerprint density at radius 1 is 1.41 bits per heavy atom. The molecule has 5 N–H and O–H groups in total. The summed E-state index contributed by atoms with van der Waals surface area (Å²) in [6.07, 6.45) is -1.84. The maximum absolute atomic E-state index is 11.1. The minimum atomic E-state index is -1.12. The van der Waals surface area contributed by atoms with Crippen molar-refractivity contribution in [1.29, 1.82) is 0 Å². The van der Waals surface area contributed by atoms with Crippen LogP contribution in [0.15, 0.2) is 18.2 Å². The van der Waals surface area contributed by atoms with Gasteiger partial charge in [0.2, 0.25) is 0 Å². The highest BCUT2D eigenvalue weighted by Gasteiger charge is 2.19. The predicted molar refractivity (Wildman–Crippen MR) is 62.7 cm³/mol. The fraction of sp³-hybridized carbons (Fsp3) is 0.417. The number of hydrogen-bond donors (Lipinski definition) is 4. The Morgan fingerprint density at radius 3 is 2.53 bits per heavy atom. The fourth-order valence-electron chi connectivity index (χ4n) is 1.58. The number of phenols is 1. The smallest absolute Gasteiger partial charge is 0.163 e. The van der Waals surface area contributed by atoms with E-state index in [1.165, 1.54) is 25.1 Å². The number of Topliss-reactive ketones (excluding diaryl/α,β-unsaturated/α-hetero) is 1. The van der Waals surface area contributed by atoms with Gasteiger partial charge in [0, 0.05) is 0 Å². The Labute approximate surface area is 99.5 Å². The lowest BCUT2D eigenvalue weighted by Crippen LogP contribution is -2.21. The van der Waals surface area contributed by atoms with Gasteiger partial charge >= 0.3 is 0 Å². The summed E-state index contributed by atoms with van der Waals surface area (Å²) >= 11 is 0. The summed E-state index contributed by atoms with van der Waals surface area (Å²) in [6.45, 7) is 1.60. The molecule has 0 aliphatic rings. The largest absolute Gasteiger partial charge is 0.507 e. The molecule has 0 aliphatic heterocycles. The molecule has 0 aliphatic carbocycles. The van der Waals surface area contributed by atoms with E-state index in [4.69, 9.17) is 5.73 Å². The summed E-state index contributed by atoms with van der Waals surface area (Å²) in [7, 11) is 0. The molecule has 0 heterocycles. The Kier molecular flexibility index (Phi) is 4.62. The number of rotatable bonds is 5. The van der Waals surface area contributed by atoms with E-state index in [0.717, 1.165) is 0 Å². The van der Waals surface area contributed by atoms with E-state index in [9.17, 15) is 20.1 Å². The molecule has 0 saturated carbocycles. The first kappa shape index (κ1) is 13.6. The summed E-state index contributed by atoms with van der Waals surface area (Å²) in [5.74, 6) is -0.458. The van der Waals surface area contributed by atoms with Crippen LogP contribution < -0.4 is 5.73 Å². The van der Waals surface area contributed by atoms with Gasteiger partial charge in [0.15, 0.2) is 5.78 Å². The molecule has 1 aromatic carbocycles. The van der Waals surface area contributed by atoms with E-state index in [-0.39, 0.29) is 30.1 Å². The standard InChI is InChI=1S/C12H17NO4/c1-7(14)9-3-2-8(6-11(9)16)12(17)10(15)4-5-13/h2-3,6,10,12,15-17H,4-5,13H2,1H3. The molecule has 17 heavy (non-hydrogen) atoms. The van der Waals surface area contributed by atoms with Gasteiger partial charge in [0.1, 0.15) is 11.9 Å². The molecule has 0 amide bonds. The highest BCUT2D eigenvalue weighted by atomic mass is 16.3. The first-order chi connectivity index (χ1) is 7.97. The van der Waals surface area contributed by atoms with Crippen LogP contribution in [0.2, 0.25) is 0 Å². The quantitative estimate of drug-likeness (QED) is 0.555. The van der Waals surface area contributed by atoms with E-state index in [1.807, 2.05) is 0 Å². The second-order valence-corrected chi connectivity index (χ2v) is 3.92. The molecule has 2 atom stereocenters. The van der Waals surface area contributed by atoms with Crippen molar-refractivity contribution in [2.45, 2.75) is 25.6 Å². The van der Waals surface area contributed by atoms with Crippen molar-refractivity contribution in [3.05, 3.63) is 29.3 Å². The zero-order valence-corrected chi connectivity index (χ0v) is 9.63. The minimum Gasteiger partial charge on any atom is -0.507 e. The van der Waals surface area contributed by atoms with Crippen molar-refractivity contribution in [2.24, 2.45) is 5.73 Å². The number of aliphatic hydroxyl groups is 2. The maximum atomic E-state index is 11.1. The minimum absolute atomic E-state index is 0.189. The molecule has 0 fully saturated rings. The van der Waals surface area contributed by atoms with Crippen LogP contribution >= 0.6 is 0 Å². The number of phenolic OH excluding ortho intramolecular Hbond substituents is 1. The molecule has 5 heteroatoms. The molecular formula is C12H17NO4. The van der Waals surface area contributed by atoms with Crippen molar-refractivity contribution in [3.8, 4) is 5.75 Å². The molecule has 0 saturated heterocycles. The first-order valence-electron chi connectivity index (χ1n) is 5.37. The summed E-state index contributed by atoms with van der Waals surface area (Å²) in [5, 5.41) is 28.9. The van der Waals surface area contributed by atoms with Crippen molar-refractivity contribution in [2.75, 3.05) is 6.54 Å². The third kappa shape index (κ3) is 3.26. The van der Waals surface area contributed by atoms with Gasteiger partial charge in [-0.05, 0) is 37.6 Å². The number of hydrogen-bond acceptors (Lipinski definition) is 5. The van der Waals surface area contributed by atoms with E-state index >= 15 is 0 Å². The van der Waals surface area contributed by atoms with E-state index in [2.05, 4.69) is 0 Å². The molecule has 0 bridgehead atoms. The van der Waals surface area contributed by atoms with Crippen molar-refractivity contribution in [3.63, 3.8) is 0 Å². The Hall–Kier alpha value is -1.43. The third-order valence-corrected chi connectivity index (χ3v) is 2.57. The van der Waals surface area contributed by atoms with Crippen LogP contribution in [0.5, 0.6) is 5.75 Å². The van der Waals surface area contributed by atoms with Crippen LogP contribution in [-0.2, 0) is 0 Å². The molecule has 0 radical (unpaired) electrons. The highest BCUT2D eigenvalue weighted by Crippen LogP contribution is 2.25. The third-order valence-electron chi connectivity index (χ3n) is 2.57. The summed E-state index contributed by atoms with van der Waals surface area (Å²) in [5.41, 5.74) is 5.82. The predicted octanol–water partition coefficient (Wildman–Crippen LogP) is 0.338. The number of carbonyl (C=O) groups is 1. The normalized spacial score (nSPS) is 14.4. The molecule has 5 nitrogen and oxygen atoms in total. The lowest BCUT2D eigenvalue weighted by molar-refractivity contribution is 0.0149. The van der Waals surface area contributed by atoms with Crippen molar-refractivity contribution in [1.82, 2.24) is 0 Å². The highest BCUT2D eigenvalue weighted by molar-refractivity contribution is 5.96. The fourth-order valence-corrected chi connectivity index (χ4v) is 1.58. The van der Waals surface area contributed by atoms with Crippen molar-refractivity contribution < 1.29 is 20.1 Å². The van der Waals surface area contributed by atoms with E-state index < -0.39 is 12.2 Å².